The largest absolute Gasteiger partial charge is 0.494 e. The van der Waals surface area contributed by atoms with Gasteiger partial charge in [0.1, 0.15) is 5.75 Å². The minimum absolute atomic E-state index is 0.694. The van der Waals surface area contributed by atoms with Crippen molar-refractivity contribution in [1.29, 1.82) is 0 Å². The van der Waals surface area contributed by atoms with Gasteiger partial charge in [-0.1, -0.05) is 120 Å². The monoisotopic (exact) mass is 638 g/mol. The molecule has 0 saturated heterocycles. The molecule has 1 radical (unpaired) electrons. The number of rotatable bonds is 29. The smallest absolute Gasteiger partial charge is 0.343 e. The zero-order valence-corrected chi connectivity index (χ0v) is 28.5. The number of quaternary nitrogens is 1. The molecular formula is C34H57NO4PS2+2. The first-order chi connectivity index (χ1) is 20.7. The van der Waals surface area contributed by atoms with Crippen molar-refractivity contribution in [2.75, 3.05) is 26.4 Å². The average Bonchev–Trinajstić information content (AvgIpc) is 3.02. The van der Waals surface area contributed by atoms with Crippen LogP contribution in [-0.4, -0.2) is 26.4 Å². The molecule has 5 nitrogen and oxygen atoms in total. The van der Waals surface area contributed by atoms with Crippen LogP contribution >= 0.6 is 17.3 Å². The van der Waals surface area contributed by atoms with Crippen LogP contribution in [0.1, 0.15) is 116 Å². The highest BCUT2D eigenvalue weighted by Gasteiger charge is 2.21. The molecule has 0 bridgehead atoms. The van der Waals surface area contributed by atoms with E-state index in [0.29, 0.717) is 13.2 Å². The molecule has 42 heavy (non-hydrogen) atoms. The van der Waals surface area contributed by atoms with Crippen molar-refractivity contribution in [3.63, 3.8) is 0 Å². The van der Waals surface area contributed by atoms with Crippen molar-refractivity contribution < 1.29 is 23.7 Å². The molecule has 2 rings (SSSR count). The van der Waals surface area contributed by atoms with Gasteiger partial charge in [-0.25, -0.2) is 0 Å². The SMILES string of the molecule is [NH3+]SP(=S)(OCCCCCCCCCCCOc1ccccc1)OCCCCCCCCCCC[O+]c1ccccc1. The van der Waals surface area contributed by atoms with Gasteiger partial charge in [0.15, 0.2) is 11.6 Å². The van der Waals surface area contributed by atoms with E-state index in [9.17, 15) is 0 Å². The first-order valence-electron chi connectivity index (χ1n) is 16.4. The maximum Gasteiger partial charge on any atom is 0.343 e. The third-order valence-corrected chi connectivity index (χ3v) is 11.7. The third-order valence-electron chi connectivity index (χ3n) is 7.26. The van der Waals surface area contributed by atoms with Crippen LogP contribution < -0.4 is 14.6 Å². The van der Waals surface area contributed by atoms with Crippen LogP contribution in [-0.2, 0) is 20.9 Å². The summed E-state index contributed by atoms with van der Waals surface area (Å²) < 4.78 is 23.5. The van der Waals surface area contributed by atoms with Gasteiger partial charge in [0, 0.05) is 18.6 Å². The molecule has 2 aromatic rings. The van der Waals surface area contributed by atoms with Gasteiger partial charge in [0.25, 0.3) is 6.61 Å². The van der Waals surface area contributed by atoms with Crippen LogP contribution in [0.3, 0.4) is 0 Å². The lowest BCUT2D eigenvalue weighted by atomic mass is 10.1. The van der Waals surface area contributed by atoms with Gasteiger partial charge in [0.05, 0.1) is 19.8 Å². The summed E-state index contributed by atoms with van der Waals surface area (Å²) in [4.78, 5) is 0. The van der Waals surface area contributed by atoms with Crippen LogP contribution in [0.15, 0.2) is 60.7 Å². The Hall–Kier alpha value is -1.08. The van der Waals surface area contributed by atoms with E-state index >= 15 is 0 Å². The molecule has 0 heterocycles. The lowest BCUT2D eigenvalue weighted by molar-refractivity contribution is -0.133. The lowest BCUT2D eigenvalue weighted by Gasteiger charge is -2.16. The van der Waals surface area contributed by atoms with Gasteiger partial charge < -0.3 is 13.8 Å². The van der Waals surface area contributed by atoms with E-state index < -0.39 is 5.69 Å². The minimum Gasteiger partial charge on any atom is -0.494 e. The second-order valence-electron chi connectivity index (χ2n) is 10.9. The zero-order chi connectivity index (χ0) is 29.8. The number of ether oxygens (including phenoxy) is 2. The normalized spacial score (nSPS) is 12.7. The highest BCUT2D eigenvalue weighted by Crippen LogP contribution is 2.57. The minimum atomic E-state index is -2.28. The molecule has 0 amide bonds. The number of hydrogen-bond acceptors (Lipinski definition) is 6. The third kappa shape index (κ3) is 20.8. The maximum absolute atomic E-state index is 6.00. The molecule has 0 fully saturated rings. The summed E-state index contributed by atoms with van der Waals surface area (Å²) in [5, 5.41) is 3.94. The lowest BCUT2D eigenvalue weighted by Crippen LogP contribution is -2.36. The Balaban J connectivity index is 1.29. The van der Waals surface area contributed by atoms with Gasteiger partial charge in [-0.3, -0.25) is 9.88 Å². The Morgan fingerprint density at radius 2 is 0.952 bits per heavy atom. The van der Waals surface area contributed by atoms with Gasteiger partial charge in [-0.2, -0.15) is 0 Å². The molecule has 237 valence electrons. The fourth-order valence-electron chi connectivity index (χ4n) is 4.76. The number of unbranched alkanes of at least 4 members (excludes halogenated alkanes) is 16. The molecule has 0 aliphatic carbocycles. The van der Waals surface area contributed by atoms with E-state index in [1.165, 1.54) is 101 Å². The maximum atomic E-state index is 6.00. The summed E-state index contributed by atoms with van der Waals surface area (Å²) in [6.07, 6.45) is 22.3. The van der Waals surface area contributed by atoms with Gasteiger partial charge in [-0.05, 0) is 49.6 Å². The first-order valence-corrected chi connectivity index (χ1v) is 20.6. The Kier molecular flexibility index (Phi) is 23.3. The Morgan fingerprint density at radius 3 is 1.43 bits per heavy atom. The number of hydrogen-bond donors (Lipinski definition) is 1. The van der Waals surface area contributed by atoms with Crippen LogP contribution in [0, 0.1) is 0 Å². The molecular weight excluding hydrogens is 581 g/mol. The summed E-state index contributed by atoms with van der Waals surface area (Å²) in [6, 6.07) is 20.2. The zero-order valence-electron chi connectivity index (χ0n) is 25.9. The van der Waals surface area contributed by atoms with Crippen LogP contribution in [0.5, 0.6) is 11.5 Å². The summed E-state index contributed by atoms with van der Waals surface area (Å²) in [6.45, 7) is 3.03. The Bertz CT molecular complexity index is 837. The van der Waals surface area contributed by atoms with Gasteiger partial charge in [0.2, 0.25) is 0 Å². The fourth-order valence-corrected chi connectivity index (χ4v) is 7.03. The quantitative estimate of drug-likeness (QED) is 0.0414. The summed E-state index contributed by atoms with van der Waals surface area (Å²) >= 11 is 7.01. The van der Waals surface area contributed by atoms with Gasteiger partial charge in [-0.15, -0.1) is 0 Å². The molecule has 0 atom stereocenters. The first kappa shape index (κ1) is 37.1. The van der Waals surface area contributed by atoms with Crippen LogP contribution in [0.2, 0.25) is 0 Å². The second-order valence-corrected chi connectivity index (χ2v) is 17.0. The van der Waals surface area contributed by atoms with Crippen molar-refractivity contribution >= 4 is 29.1 Å². The standard InChI is InChI=1S/C34H56NO4PS2/c35-42-40(41,38-31-23-13-9-5-1-3-7-11-21-29-36-33-25-17-15-18-26-33)39-32-24-14-10-6-2-4-8-12-22-30-37-34-27-19-16-20-28-34/h15-20,25-28H,1-14,21-24,29-32,35H2/q+1/p+1. The number of para-hydroxylation sites is 2. The van der Waals surface area contributed by atoms with E-state index in [-0.39, 0.29) is 0 Å². The molecule has 0 spiro atoms. The van der Waals surface area contributed by atoms with E-state index in [1.807, 2.05) is 60.7 Å². The predicted octanol–water partition coefficient (Wildman–Crippen LogP) is 10.3. The molecule has 0 aromatic heterocycles. The summed E-state index contributed by atoms with van der Waals surface area (Å²) in [5.41, 5.74) is -2.28. The van der Waals surface area contributed by atoms with E-state index in [0.717, 1.165) is 50.4 Å². The molecule has 0 saturated carbocycles. The molecule has 0 aliphatic rings. The van der Waals surface area contributed by atoms with Crippen LogP contribution in [0.25, 0.3) is 0 Å². The average molecular weight is 639 g/mol. The summed E-state index contributed by atoms with van der Waals surface area (Å²) in [7, 11) is 0. The molecule has 0 unspecified atom stereocenters. The molecule has 3 N–H and O–H groups in total. The molecule has 8 heteroatoms. The topological polar surface area (TPSA) is 66.6 Å². The van der Waals surface area contributed by atoms with E-state index in [2.05, 4.69) is 5.14 Å². The van der Waals surface area contributed by atoms with E-state index in [4.69, 9.17) is 30.3 Å². The molecule has 0 aliphatic heterocycles. The fraction of sp³-hybridized carbons (Fsp3) is 0.647. The highest BCUT2D eigenvalue weighted by molar-refractivity contribution is 8.65. The summed E-state index contributed by atoms with van der Waals surface area (Å²) in [5.74, 6) is 1.95. The Morgan fingerprint density at radius 1 is 0.548 bits per heavy atom. The van der Waals surface area contributed by atoms with Crippen LogP contribution in [0.4, 0.5) is 0 Å². The Labute approximate surface area is 266 Å². The van der Waals surface area contributed by atoms with Crippen molar-refractivity contribution in [3.05, 3.63) is 60.7 Å². The van der Waals surface area contributed by atoms with Crippen molar-refractivity contribution in [2.45, 2.75) is 116 Å². The van der Waals surface area contributed by atoms with Gasteiger partial charge >= 0.3 is 11.4 Å². The second kappa shape index (κ2) is 26.3. The van der Waals surface area contributed by atoms with Crippen molar-refractivity contribution in [3.8, 4) is 11.5 Å². The highest BCUT2D eigenvalue weighted by atomic mass is 32.9. The van der Waals surface area contributed by atoms with Crippen molar-refractivity contribution in [1.82, 2.24) is 0 Å². The predicted molar refractivity (Wildman–Crippen MR) is 184 cm³/mol. The van der Waals surface area contributed by atoms with E-state index in [1.54, 1.807) is 0 Å². The molecule has 2 aromatic carbocycles. The number of benzene rings is 2. The van der Waals surface area contributed by atoms with Crippen molar-refractivity contribution in [2.24, 2.45) is 0 Å².